The molecule has 1 unspecified atom stereocenters. The van der Waals surface area contributed by atoms with Crippen LogP contribution in [0.1, 0.15) is 50.9 Å². The van der Waals surface area contributed by atoms with Crippen molar-refractivity contribution >= 4 is 10.9 Å². The lowest BCUT2D eigenvalue weighted by Crippen LogP contribution is -2.56. The zero-order valence-electron chi connectivity index (χ0n) is 17.6. The molecule has 2 aromatic rings. The number of nitrogens with two attached hydrogens (primary N) is 1. The van der Waals surface area contributed by atoms with Crippen LogP contribution in [0.2, 0.25) is 0 Å². The first-order valence-corrected chi connectivity index (χ1v) is 10.4. The largest absolute Gasteiger partial charge is 0.497 e. The predicted molar refractivity (Wildman–Crippen MR) is 116 cm³/mol. The fourth-order valence-corrected chi connectivity index (χ4v) is 4.98. The Hall–Kier alpha value is -1.91. The fourth-order valence-electron chi connectivity index (χ4n) is 4.98. The van der Waals surface area contributed by atoms with Crippen molar-refractivity contribution < 1.29 is 4.74 Å². The van der Waals surface area contributed by atoms with E-state index in [1.807, 2.05) is 6.07 Å². The lowest BCUT2D eigenvalue weighted by atomic mass is 9.73. The first-order valence-electron chi connectivity index (χ1n) is 10.4. The van der Waals surface area contributed by atoms with Gasteiger partial charge in [0.1, 0.15) is 5.75 Å². The molecule has 5 rings (SSSR count). The highest BCUT2D eigenvalue weighted by Crippen LogP contribution is 2.42. The number of piperidine rings is 3. The van der Waals surface area contributed by atoms with Crippen LogP contribution >= 0.6 is 0 Å². The first-order chi connectivity index (χ1) is 13.3. The summed E-state index contributed by atoms with van der Waals surface area (Å²) in [7, 11) is 1.71. The number of rotatable bonds is 4. The molecule has 2 bridgehead atoms. The highest BCUT2D eigenvalue weighted by molar-refractivity contribution is 5.84. The van der Waals surface area contributed by atoms with Crippen molar-refractivity contribution in [1.82, 2.24) is 9.88 Å². The van der Waals surface area contributed by atoms with Crippen molar-refractivity contribution in [3.63, 3.8) is 0 Å². The van der Waals surface area contributed by atoms with Crippen LogP contribution in [0, 0.1) is 11.8 Å². The summed E-state index contributed by atoms with van der Waals surface area (Å²) >= 11 is 0. The number of hydrogen-bond donors (Lipinski definition) is 1. The van der Waals surface area contributed by atoms with E-state index in [2.05, 4.69) is 56.5 Å². The third kappa shape index (κ3) is 3.33. The summed E-state index contributed by atoms with van der Waals surface area (Å²) in [6.45, 7) is 12.9. The maximum Gasteiger partial charge on any atom is 0.119 e. The van der Waals surface area contributed by atoms with Gasteiger partial charge in [-0.3, -0.25) is 9.88 Å². The first kappa shape index (κ1) is 19.4. The molecule has 1 aromatic heterocycles. The van der Waals surface area contributed by atoms with Crippen LogP contribution in [0.5, 0.6) is 5.75 Å². The van der Waals surface area contributed by atoms with Crippen LogP contribution in [0.15, 0.2) is 36.9 Å². The Balaban J connectivity index is 1.79. The predicted octanol–water partition coefficient (Wildman–Crippen LogP) is 4.44. The Morgan fingerprint density at radius 3 is 2.71 bits per heavy atom. The molecule has 5 atom stereocenters. The van der Waals surface area contributed by atoms with E-state index in [1.54, 1.807) is 7.11 Å². The Morgan fingerprint density at radius 2 is 2.11 bits per heavy atom. The van der Waals surface area contributed by atoms with Crippen molar-refractivity contribution in [3.05, 3.63) is 48.2 Å². The van der Waals surface area contributed by atoms with Crippen molar-refractivity contribution in [2.45, 2.75) is 51.1 Å². The molecule has 0 aliphatic carbocycles. The molecule has 0 saturated carbocycles. The molecule has 3 aliphatic rings. The van der Waals surface area contributed by atoms with Gasteiger partial charge < -0.3 is 10.5 Å². The molecule has 0 amide bonds. The van der Waals surface area contributed by atoms with Gasteiger partial charge in [0.05, 0.1) is 12.6 Å². The van der Waals surface area contributed by atoms with Crippen LogP contribution in [0.4, 0.5) is 0 Å². The highest BCUT2D eigenvalue weighted by atomic mass is 16.5. The smallest absolute Gasteiger partial charge is 0.119 e. The van der Waals surface area contributed by atoms with E-state index in [4.69, 9.17) is 15.5 Å². The Kier molecular flexibility index (Phi) is 4.96. The molecule has 1 aromatic carbocycles. The summed E-state index contributed by atoms with van der Waals surface area (Å²) in [4.78, 5) is 7.53. The molecule has 0 radical (unpaired) electrons. The third-order valence-electron chi connectivity index (χ3n) is 6.74. The number of benzene rings is 1. The lowest BCUT2D eigenvalue weighted by molar-refractivity contribution is 0.00747. The summed E-state index contributed by atoms with van der Waals surface area (Å²) in [6, 6.07) is 8.71. The fraction of sp³-hybridized carbons (Fsp3) is 0.542. The molecule has 3 fully saturated rings. The minimum absolute atomic E-state index is 0.0254. The molecule has 28 heavy (non-hydrogen) atoms. The van der Waals surface area contributed by atoms with Gasteiger partial charge in [0.2, 0.25) is 0 Å². The van der Waals surface area contributed by atoms with Crippen LogP contribution in [0.25, 0.3) is 10.9 Å². The van der Waals surface area contributed by atoms with Crippen LogP contribution < -0.4 is 10.5 Å². The van der Waals surface area contributed by atoms with E-state index < -0.39 is 0 Å². The van der Waals surface area contributed by atoms with Crippen molar-refractivity contribution in [2.75, 3.05) is 20.2 Å². The van der Waals surface area contributed by atoms with Gasteiger partial charge >= 0.3 is 0 Å². The molecule has 3 aliphatic heterocycles. The van der Waals surface area contributed by atoms with E-state index in [0.717, 1.165) is 41.9 Å². The van der Waals surface area contributed by atoms with Gasteiger partial charge in [0, 0.05) is 35.1 Å². The van der Waals surface area contributed by atoms with Gasteiger partial charge in [0.15, 0.2) is 0 Å². The molecule has 0 spiro atoms. The minimum atomic E-state index is -0.0349. The van der Waals surface area contributed by atoms with Crippen molar-refractivity contribution in [3.8, 4) is 5.75 Å². The van der Waals surface area contributed by atoms with Crippen LogP contribution in [0.3, 0.4) is 0 Å². The van der Waals surface area contributed by atoms with Crippen molar-refractivity contribution in [1.29, 1.82) is 0 Å². The van der Waals surface area contributed by atoms with Gasteiger partial charge in [-0.15, -0.1) is 6.58 Å². The summed E-state index contributed by atoms with van der Waals surface area (Å²) < 4.78 is 5.49. The van der Waals surface area contributed by atoms with E-state index in [9.17, 15) is 0 Å². The van der Waals surface area contributed by atoms with Crippen molar-refractivity contribution in [2.24, 2.45) is 17.6 Å². The zero-order valence-corrected chi connectivity index (χ0v) is 17.6. The Labute approximate surface area is 168 Å². The van der Waals surface area contributed by atoms with Gasteiger partial charge in [-0.1, -0.05) is 26.8 Å². The van der Waals surface area contributed by atoms with E-state index in [1.165, 1.54) is 12.0 Å². The molecule has 4 heterocycles. The van der Waals surface area contributed by atoms with Crippen LogP contribution in [-0.2, 0) is 5.41 Å². The maximum atomic E-state index is 6.98. The lowest BCUT2D eigenvalue weighted by Gasteiger charge is -2.51. The number of aromatic nitrogens is 1. The maximum absolute atomic E-state index is 6.98. The topological polar surface area (TPSA) is 51.4 Å². The monoisotopic (exact) mass is 379 g/mol. The Bertz CT molecular complexity index is 885. The highest BCUT2D eigenvalue weighted by Gasteiger charge is 2.42. The van der Waals surface area contributed by atoms with Gasteiger partial charge in [0.25, 0.3) is 0 Å². The normalized spacial score (nSPS) is 28.3. The molecular weight excluding hydrogens is 346 g/mol. The van der Waals surface area contributed by atoms with E-state index >= 15 is 0 Å². The third-order valence-corrected chi connectivity index (χ3v) is 6.74. The average molecular weight is 380 g/mol. The summed E-state index contributed by atoms with van der Waals surface area (Å²) in [5.41, 5.74) is 10.2. The number of pyridine rings is 1. The van der Waals surface area contributed by atoms with Gasteiger partial charge in [-0.2, -0.15) is 0 Å². The van der Waals surface area contributed by atoms with E-state index in [0.29, 0.717) is 17.9 Å². The van der Waals surface area contributed by atoms with Gasteiger partial charge in [-0.25, -0.2) is 0 Å². The second-order valence-corrected chi connectivity index (χ2v) is 9.50. The molecule has 4 nitrogen and oxygen atoms in total. The summed E-state index contributed by atoms with van der Waals surface area (Å²) in [5.74, 6) is 2.17. The standard InChI is InChI=1S/C24H33N3O/c1-6-15-14-27-10-9-16(15)11-21(27)23(25)19-13-22(24(2,3)4)26-20-8-7-17(28-5)12-18(19)20/h6-8,12-13,15-16,21,23H,1,9-11,14,25H2,2-5H3/t15-,16-,21+,23+/m0/s1. The molecule has 4 heteroatoms. The second kappa shape index (κ2) is 7.16. The molecular formula is C24H33N3O. The molecule has 3 saturated heterocycles. The SMILES string of the molecule is C=C[C@H]1CN2CC[C@H]1C[C@@H]2[C@H](N)c1cc(C(C)(C)C)nc2ccc(OC)cc12. The zero-order chi connectivity index (χ0) is 20.1. The molecule has 2 N–H and O–H groups in total. The van der Waals surface area contributed by atoms with Crippen LogP contribution in [-0.4, -0.2) is 36.1 Å². The quantitative estimate of drug-likeness (QED) is 0.798. The second-order valence-electron chi connectivity index (χ2n) is 9.50. The number of hydrogen-bond acceptors (Lipinski definition) is 4. The summed E-state index contributed by atoms with van der Waals surface area (Å²) in [5, 5.41) is 1.11. The number of nitrogens with zero attached hydrogens (tertiary/aromatic N) is 2. The number of ether oxygens (including phenoxy) is 1. The minimum Gasteiger partial charge on any atom is -0.497 e. The number of methoxy groups -OCH3 is 1. The van der Waals surface area contributed by atoms with Gasteiger partial charge in [-0.05, 0) is 61.1 Å². The van der Waals surface area contributed by atoms with E-state index in [-0.39, 0.29) is 11.5 Å². The molecule has 150 valence electrons. The number of fused-ring (bicyclic) bond motifs is 4. The summed E-state index contributed by atoms with van der Waals surface area (Å²) in [6.07, 6.45) is 4.55. The Morgan fingerprint density at radius 1 is 1.32 bits per heavy atom. The average Bonchev–Trinajstić information content (AvgIpc) is 2.71.